The van der Waals surface area contributed by atoms with Gasteiger partial charge >= 0.3 is 0 Å². The highest BCUT2D eigenvalue weighted by Gasteiger charge is 2.33. The topological polar surface area (TPSA) is 52.0 Å². The third-order valence-electron chi connectivity index (χ3n) is 5.09. The highest BCUT2D eigenvalue weighted by molar-refractivity contribution is 5.91. The number of hydrogen-bond donors (Lipinski definition) is 2. The van der Waals surface area contributed by atoms with Gasteiger partial charge in [-0.15, -0.1) is 0 Å². The summed E-state index contributed by atoms with van der Waals surface area (Å²) in [6, 6.07) is 10.8. The molecule has 2 N–H and O–H groups in total. The molecule has 1 amide bonds. The van der Waals surface area contributed by atoms with Gasteiger partial charge in [-0.1, -0.05) is 6.07 Å². The smallest absolute Gasteiger partial charge is 0.279 e. The number of carbonyl (C=O) groups is 1. The summed E-state index contributed by atoms with van der Waals surface area (Å²) in [6.45, 7) is 2.99. The fraction of sp³-hybridized carbons (Fsp3) is 0.381. The molecule has 144 valence electrons. The predicted molar refractivity (Wildman–Crippen MR) is 102 cm³/mol. The lowest BCUT2D eigenvalue weighted by Gasteiger charge is -2.23. The molecule has 0 saturated carbocycles. The molecule has 2 aromatic rings. The highest BCUT2D eigenvalue weighted by Crippen LogP contribution is 2.31. The Morgan fingerprint density at radius 1 is 1.22 bits per heavy atom. The Morgan fingerprint density at radius 2 is 2.04 bits per heavy atom. The number of quaternary nitrogens is 1. The lowest BCUT2D eigenvalue weighted by Crippen LogP contribution is -3.11. The van der Waals surface area contributed by atoms with Gasteiger partial charge in [0.25, 0.3) is 5.91 Å². The Balaban J connectivity index is 1.72. The monoisotopic (exact) mass is 373 g/mol. The summed E-state index contributed by atoms with van der Waals surface area (Å²) in [5.41, 5.74) is 2.12. The second-order valence-electron chi connectivity index (χ2n) is 6.92. The van der Waals surface area contributed by atoms with E-state index in [0.717, 1.165) is 46.9 Å². The first kappa shape index (κ1) is 19.2. The van der Waals surface area contributed by atoms with Gasteiger partial charge in [0.05, 0.1) is 32.0 Å². The molecule has 1 unspecified atom stereocenters. The van der Waals surface area contributed by atoms with Gasteiger partial charge in [-0.3, -0.25) is 4.79 Å². The van der Waals surface area contributed by atoms with E-state index >= 15 is 0 Å². The van der Waals surface area contributed by atoms with Crippen LogP contribution in [0.5, 0.6) is 11.5 Å². The summed E-state index contributed by atoms with van der Waals surface area (Å²) in [7, 11) is 3.26. The van der Waals surface area contributed by atoms with Crippen molar-refractivity contribution >= 4 is 11.6 Å². The van der Waals surface area contributed by atoms with Crippen LogP contribution in [-0.2, 0) is 4.79 Å². The van der Waals surface area contributed by atoms with Crippen molar-refractivity contribution in [2.75, 3.05) is 32.6 Å². The molecular weight excluding hydrogens is 347 g/mol. The van der Waals surface area contributed by atoms with Crippen LogP contribution in [0.15, 0.2) is 36.4 Å². The number of amides is 1. The van der Waals surface area contributed by atoms with Gasteiger partial charge in [-0.2, -0.15) is 0 Å². The minimum absolute atomic E-state index is 0.166. The highest BCUT2D eigenvalue weighted by atomic mass is 19.1. The van der Waals surface area contributed by atoms with Crippen molar-refractivity contribution in [2.24, 2.45) is 0 Å². The number of rotatable bonds is 6. The minimum atomic E-state index is -0.409. The number of nitrogens with one attached hydrogen (secondary N) is 2. The second kappa shape index (κ2) is 8.39. The molecule has 0 aliphatic carbocycles. The van der Waals surface area contributed by atoms with E-state index < -0.39 is 5.82 Å². The van der Waals surface area contributed by atoms with Crippen LogP contribution in [0.1, 0.15) is 30.0 Å². The molecule has 1 fully saturated rings. The Hall–Kier alpha value is -2.60. The lowest BCUT2D eigenvalue weighted by molar-refractivity contribution is -0.910. The van der Waals surface area contributed by atoms with Crippen molar-refractivity contribution in [1.29, 1.82) is 0 Å². The Kier molecular flexibility index (Phi) is 5.96. The van der Waals surface area contributed by atoms with E-state index in [9.17, 15) is 9.18 Å². The molecule has 0 aromatic heterocycles. The number of hydrogen-bond acceptors (Lipinski definition) is 3. The molecule has 0 bridgehead atoms. The molecule has 1 heterocycles. The maximum absolute atomic E-state index is 14.0. The molecule has 3 rings (SSSR count). The quantitative estimate of drug-likeness (QED) is 0.818. The molecule has 2 atom stereocenters. The molecule has 0 radical (unpaired) electrons. The van der Waals surface area contributed by atoms with E-state index in [0.29, 0.717) is 0 Å². The second-order valence-corrected chi connectivity index (χ2v) is 6.92. The number of likely N-dealkylation sites (tertiary alicyclic amines) is 1. The number of aryl methyl sites for hydroxylation is 1. The van der Waals surface area contributed by atoms with E-state index in [1.807, 2.05) is 25.1 Å². The third kappa shape index (κ3) is 4.39. The van der Waals surface area contributed by atoms with Crippen LogP contribution in [0.25, 0.3) is 0 Å². The minimum Gasteiger partial charge on any atom is -0.497 e. The van der Waals surface area contributed by atoms with Gasteiger partial charge in [0.1, 0.15) is 23.4 Å². The summed E-state index contributed by atoms with van der Waals surface area (Å²) >= 11 is 0. The first-order valence-corrected chi connectivity index (χ1v) is 9.14. The van der Waals surface area contributed by atoms with Crippen LogP contribution in [0.2, 0.25) is 0 Å². The normalized spacial score (nSPS) is 19.0. The summed E-state index contributed by atoms with van der Waals surface area (Å²) < 4.78 is 24.8. The summed E-state index contributed by atoms with van der Waals surface area (Å²) in [4.78, 5) is 13.6. The van der Waals surface area contributed by atoms with E-state index in [4.69, 9.17) is 9.47 Å². The first-order chi connectivity index (χ1) is 13.0. The van der Waals surface area contributed by atoms with Crippen LogP contribution in [-0.4, -0.2) is 33.2 Å². The van der Waals surface area contributed by atoms with Crippen molar-refractivity contribution in [3.8, 4) is 11.5 Å². The SMILES string of the molecule is COc1ccc([C@H]2CCC[NH+]2CC(=O)Nc2ccc(C)cc2F)c(OC)c1. The molecule has 1 saturated heterocycles. The molecule has 6 heteroatoms. The van der Waals surface area contributed by atoms with E-state index in [-0.39, 0.29) is 24.2 Å². The molecule has 2 aromatic carbocycles. The van der Waals surface area contributed by atoms with Gasteiger partial charge in [0.2, 0.25) is 0 Å². The van der Waals surface area contributed by atoms with Gasteiger partial charge in [0.15, 0.2) is 6.54 Å². The number of carbonyl (C=O) groups excluding carboxylic acids is 1. The van der Waals surface area contributed by atoms with Crippen LogP contribution < -0.4 is 19.7 Å². The van der Waals surface area contributed by atoms with Gasteiger partial charge in [0, 0.05) is 18.9 Å². The standard InChI is InChI=1S/C21H25FN2O3/c1-14-6-9-18(17(22)11-14)23-21(25)13-24-10-4-5-19(24)16-8-7-15(26-2)12-20(16)27-3/h6-9,11-12,19H,4-5,10,13H2,1-3H3,(H,23,25)/p+1/t19-/m1/s1. The van der Waals surface area contributed by atoms with E-state index in [1.54, 1.807) is 26.4 Å². The predicted octanol–water partition coefficient (Wildman–Crippen LogP) is 2.51. The Bertz CT molecular complexity index is 825. The van der Waals surface area contributed by atoms with Gasteiger partial charge < -0.3 is 19.7 Å². The summed E-state index contributed by atoms with van der Waals surface area (Å²) in [5.74, 6) is 0.909. The Morgan fingerprint density at radius 3 is 2.74 bits per heavy atom. The van der Waals surface area contributed by atoms with Crippen molar-refractivity contribution in [3.05, 3.63) is 53.3 Å². The number of halogens is 1. The van der Waals surface area contributed by atoms with Gasteiger partial charge in [-0.05, 0) is 36.8 Å². The summed E-state index contributed by atoms with van der Waals surface area (Å²) in [6.07, 6.45) is 2.01. The third-order valence-corrected chi connectivity index (χ3v) is 5.09. The first-order valence-electron chi connectivity index (χ1n) is 9.14. The maximum atomic E-state index is 14.0. The van der Waals surface area contributed by atoms with E-state index in [1.165, 1.54) is 6.07 Å². The van der Waals surface area contributed by atoms with Crippen LogP contribution in [0, 0.1) is 12.7 Å². The molecule has 1 aliphatic rings. The lowest BCUT2D eigenvalue weighted by atomic mass is 10.0. The zero-order valence-corrected chi connectivity index (χ0v) is 16.0. The zero-order valence-electron chi connectivity index (χ0n) is 16.0. The van der Waals surface area contributed by atoms with E-state index in [2.05, 4.69) is 5.32 Å². The number of ether oxygens (including phenoxy) is 2. The van der Waals surface area contributed by atoms with Crippen LogP contribution in [0.4, 0.5) is 10.1 Å². The summed E-state index contributed by atoms with van der Waals surface area (Å²) in [5, 5.41) is 2.70. The van der Waals surface area contributed by atoms with Crippen LogP contribution in [0.3, 0.4) is 0 Å². The average molecular weight is 373 g/mol. The number of benzene rings is 2. The van der Waals surface area contributed by atoms with Gasteiger partial charge in [-0.25, -0.2) is 4.39 Å². The van der Waals surface area contributed by atoms with Crippen molar-refractivity contribution in [2.45, 2.75) is 25.8 Å². The van der Waals surface area contributed by atoms with Crippen molar-refractivity contribution in [1.82, 2.24) is 0 Å². The molecule has 0 spiro atoms. The molecule has 1 aliphatic heterocycles. The molecule has 5 nitrogen and oxygen atoms in total. The fourth-order valence-corrected chi connectivity index (χ4v) is 3.73. The number of methoxy groups -OCH3 is 2. The van der Waals surface area contributed by atoms with Crippen molar-refractivity contribution < 1.29 is 23.6 Å². The average Bonchev–Trinajstić information content (AvgIpc) is 3.11. The Labute approximate surface area is 159 Å². The largest absolute Gasteiger partial charge is 0.497 e. The van der Waals surface area contributed by atoms with Crippen molar-refractivity contribution in [3.63, 3.8) is 0 Å². The maximum Gasteiger partial charge on any atom is 0.279 e. The van der Waals surface area contributed by atoms with Crippen LogP contribution >= 0.6 is 0 Å². The molecule has 27 heavy (non-hydrogen) atoms. The fourth-order valence-electron chi connectivity index (χ4n) is 3.73. The number of anilines is 1. The zero-order chi connectivity index (χ0) is 19.4. The molecular formula is C21H26FN2O3+.